The van der Waals surface area contributed by atoms with Gasteiger partial charge in [0.25, 0.3) is 5.91 Å². The maximum absolute atomic E-state index is 11.9. The number of aromatic amines is 1. The van der Waals surface area contributed by atoms with Gasteiger partial charge in [0.2, 0.25) is 0 Å². The largest absolute Gasteiger partial charge is 0.480 e. The highest BCUT2D eigenvalue weighted by Gasteiger charge is 2.22. The Labute approximate surface area is 118 Å². The third-order valence-corrected chi connectivity index (χ3v) is 2.60. The Balaban J connectivity index is 2.08. The fourth-order valence-corrected chi connectivity index (χ4v) is 1.65. The number of amides is 1. The van der Waals surface area contributed by atoms with Gasteiger partial charge < -0.3 is 15.4 Å². The van der Waals surface area contributed by atoms with Crippen LogP contribution in [0.5, 0.6) is 0 Å². The third-order valence-electron chi connectivity index (χ3n) is 2.42. The van der Waals surface area contributed by atoms with Crippen LogP contribution in [0.1, 0.15) is 16.2 Å². The van der Waals surface area contributed by atoms with Gasteiger partial charge in [-0.3, -0.25) is 9.78 Å². The Hall–Kier alpha value is -2.48. The lowest BCUT2D eigenvalue weighted by Gasteiger charge is -2.13. The summed E-state index contributed by atoms with van der Waals surface area (Å²) >= 11 is 5.62. The minimum atomic E-state index is -1.16. The Morgan fingerprint density at radius 1 is 1.35 bits per heavy atom. The summed E-state index contributed by atoms with van der Waals surface area (Å²) in [5.41, 5.74) is 0.545. The van der Waals surface area contributed by atoms with Crippen LogP contribution in [0.3, 0.4) is 0 Å². The number of hydrogen-bond acceptors (Lipinski definition) is 5. The van der Waals surface area contributed by atoms with Gasteiger partial charge in [0, 0.05) is 18.3 Å². The van der Waals surface area contributed by atoms with Crippen LogP contribution in [0.25, 0.3) is 0 Å². The molecule has 104 valence electrons. The minimum absolute atomic E-state index is 0.0478. The lowest BCUT2D eigenvalue weighted by Crippen LogP contribution is -2.42. The lowest BCUT2D eigenvalue weighted by molar-refractivity contribution is -0.139. The van der Waals surface area contributed by atoms with Crippen molar-refractivity contribution in [3.8, 4) is 0 Å². The first-order chi connectivity index (χ1) is 9.56. The number of carbonyl (C=O) groups excluding carboxylic acids is 1. The molecule has 0 fully saturated rings. The van der Waals surface area contributed by atoms with Crippen LogP contribution in [-0.4, -0.2) is 43.0 Å². The van der Waals surface area contributed by atoms with Crippen molar-refractivity contribution in [3.05, 3.63) is 41.5 Å². The molecule has 2 aromatic rings. The fraction of sp³-hybridized carbons (Fsp3) is 0.182. The molecule has 0 aliphatic rings. The monoisotopic (exact) mass is 295 g/mol. The number of nitrogens with one attached hydrogen (secondary N) is 2. The number of aliphatic carboxylic acids is 1. The Morgan fingerprint density at radius 2 is 2.15 bits per heavy atom. The van der Waals surface area contributed by atoms with E-state index in [1.807, 2.05) is 0 Å². The highest BCUT2D eigenvalue weighted by molar-refractivity contribution is 6.29. The molecule has 0 bridgehead atoms. The van der Waals surface area contributed by atoms with E-state index in [-0.39, 0.29) is 17.3 Å². The number of aromatic nitrogens is 4. The van der Waals surface area contributed by atoms with Gasteiger partial charge in [-0.25, -0.2) is 14.8 Å². The van der Waals surface area contributed by atoms with Crippen molar-refractivity contribution in [2.45, 2.75) is 12.5 Å². The van der Waals surface area contributed by atoms with Gasteiger partial charge in [-0.1, -0.05) is 11.6 Å². The van der Waals surface area contributed by atoms with Crippen molar-refractivity contribution in [1.29, 1.82) is 0 Å². The number of carboxylic acids is 1. The van der Waals surface area contributed by atoms with Gasteiger partial charge >= 0.3 is 5.97 Å². The van der Waals surface area contributed by atoms with E-state index in [4.69, 9.17) is 16.7 Å². The highest BCUT2D eigenvalue weighted by atomic mass is 35.5. The number of imidazole rings is 1. The first kappa shape index (κ1) is 13.9. The molecular weight excluding hydrogens is 286 g/mol. The number of hydrogen-bond donors (Lipinski definition) is 3. The lowest BCUT2D eigenvalue weighted by atomic mass is 10.1. The molecule has 1 amide bonds. The number of nitrogens with zero attached hydrogens (tertiary/aromatic N) is 3. The smallest absolute Gasteiger partial charge is 0.326 e. The van der Waals surface area contributed by atoms with E-state index in [9.17, 15) is 9.59 Å². The summed E-state index contributed by atoms with van der Waals surface area (Å²) in [5, 5.41) is 11.5. The first-order valence-corrected chi connectivity index (χ1v) is 5.92. The summed E-state index contributed by atoms with van der Waals surface area (Å²) in [4.78, 5) is 37.1. The van der Waals surface area contributed by atoms with Crippen molar-refractivity contribution in [3.63, 3.8) is 0 Å². The standard InChI is InChI=1S/C11H10ClN5O3/c12-9-4-13-3-8(16-9)10(18)17-7(11(19)20)1-6-2-14-5-15-6/h2-5,7H,1H2,(H,14,15)(H,17,18)(H,19,20)/t7-/m1/s1. The van der Waals surface area contributed by atoms with Crippen molar-refractivity contribution in [2.24, 2.45) is 0 Å². The van der Waals surface area contributed by atoms with Crippen LogP contribution in [0, 0.1) is 0 Å². The van der Waals surface area contributed by atoms with E-state index in [1.165, 1.54) is 24.9 Å². The Bertz CT molecular complexity index is 616. The maximum Gasteiger partial charge on any atom is 0.326 e. The molecule has 0 aromatic carbocycles. The van der Waals surface area contributed by atoms with Crippen LogP contribution in [0.15, 0.2) is 24.9 Å². The van der Waals surface area contributed by atoms with Crippen molar-refractivity contribution in [2.75, 3.05) is 0 Å². The second-order valence-electron chi connectivity index (χ2n) is 3.87. The molecule has 9 heteroatoms. The second kappa shape index (κ2) is 6.11. The number of carbonyl (C=O) groups is 2. The van der Waals surface area contributed by atoms with Gasteiger partial charge in [0.15, 0.2) is 0 Å². The zero-order chi connectivity index (χ0) is 14.5. The van der Waals surface area contributed by atoms with Crippen molar-refractivity contribution in [1.82, 2.24) is 25.3 Å². The molecule has 0 radical (unpaired) electrons. The molecule has 0 spiro atoms. The molecule has 2 rings (SSSR count). The summed E-state index contributed by atoms with van der Waals surface area (Å²) in [5.74, 6) is -1.82. The van der Waals surface area contributed by atoms with Gasteiger partial charge in [-0.15, -0.1) is 0 Å². The van der Waals surface area contributed by atoms with Gasteiger partial charge in [0.05, 0.1) is 18.7 Å². The topological polar surface area (TPSA) is 121 Å². The summed E-state index contributed by atoms with van der Waals surface area (Å²) in [7, 11) is 0. The van der Waals surface area contributed by atoms with E-state index < -0.39 is 17.9 Å². The molecule has 8 nitrogen and oxygen atoms in total. The van der Waals surface area contributed by atoms with E-state index in [0.717, 1.165) is 0 Å². The highest BCUT2D eigenvalue weighted by Crippen LogP contribution is 2.04. The number of carboxylic acid groups (broad SMARTS) is 1. The van der Waals surface area contributed by atoms with Crippen LogP contribution < -0.4 is 5.32 Å². The maximum atomic E-state index is 11.9. The van der Waals surface area contributed by atoms with Crippen LogP contribution in [0.4, 0.5) is 0 Å². The molecule has 1 atom stereocenters. The van der Waals surface area contributed by atoms with Crippen molar-refractivity contribution >= 4 is 23.5 Å². The van der Waals surface area contributed by atoms with Gasteiger partial charge in [-0.05, 0) is 0 Å². The normalized spacial score (nSPS) is 11.8. The molecule has 0 unspecified atom stereocenters. The summed E-state index contributed by atoms with van der Waals surface area (Å²) < 4.78 is 0. The molecular formula is C11H10ClN5O3. The summed E-state index contributed by atoms with van der Waals surface area (Å²) in [6, 6.07) is -1.11. The minimum Gasteiger partial charge on any atom is -0.480 e. The molecule has 2 heterocycles. The predicted octanol–water partition coefficient (Wildman–Crippen LogP) is 0.279. The fourth-order valence-electron chi connectivity index (χ4n) is 1.50. The summed E-state index contributed by atoms with van der Waals surface area (Å²) in [6.07, 6.45) is 5.47. The van der Waals surface area contributed by atoms with E-state index in [0.29, 0.717) is 5.69 Å². The SMILES string of the molecule is O=C(N[C@H](Cc1cnc[nH]1)C(=O)O)c1cncc(Cl)n1. The number of halogens is 1. The first-order valence-electron chi connectivity index (χ1n) is 5.54. The second-order valence-corrected chi connectivity index (χ2v) is 4.26. The van der Waals surface area contributed by atoms with Crippen LogP contribution in [-0.2, 0) is 11.2 Å². The van der Waals surface area contributed by atoms with E-state index >= 15 is 0 Å². The average molecular weight is 296 g/mol. The van der Waals surface area contributed by atoms with Gasteiger partial charge in [0.1, 0.15) is 16.9 Å². The molecule has 0 aliphatic carbocycles. The van der Waals surface area contributed by atoms with E-state index in [1.54, 1.807) is 0 Å². The number of rotatable bonds is 5. The van der Waals surface area contributed by atoms with Crippen LogP contribution in [0.2, 0.25) is 5.15 Å². The third kappa shape index (κ3) is 3.51. The molecule has 0 saturated carbocycles. The zero-order valence-electron chi connectivity index (χ0n) is 10.1. The molecule has 20 heavy (non-hydrogen) atoms. The molecule has 0 saturated heterocycles. The van der Waals surface area contributed by atoms with Gasteiger partial charge in [-0.2, -0.15) is 0 Å². The van der Waals surface area contributed by atoms with Crippen molar-refractivity contribution < 1.29 is 14.7 Å². The molecule has 2 aromatic heterocycles. The predicted molar refractivity (Wildman–Crippen MR) is 68.2 cm³/mol. The van der Waals surface area contributed by atoms with Crippen LogP contribution >= 0.6 is 11.6 Å². The Kier molecular flexibility index (Phi) is 4.26. The average Bonchev–Trinajstić information content (AvgIpc) is 2.90. The Morgan fingerprint density at radius 3 is 2.75 bits per heavy atom. The molecule has 3 N–H and O–H groups in total. The zero-order valence-corrected chi connectivity index (χ0v) is 10.8. The summed E-state index contributed by atoms with van der Waals surface area (Å²) in [6.45, 7) is 0. The molecule has 0 aliphatic heterocycles. The van der Waals surface area contributed by atoms with E-state index in [2.05, 4.69) is 25.3 Å². The number of H-pyrrole nitrogens is 1. The quantitative estimate of drug-likeness (QED) is 0.728.